The summed E-state index contributed by atoms with van der Waals surface area (Å²) in [7, 11) is -3.80. The maximum atomic E-state index is 12.6. The second-order valence-corrected chi connectivity index (χ2v) is 10.7. The van der Waals surface area contributed by atoms with Crippen molar-refractivity contribution in [3.05, 3.63) is 56.1 Å². The van der Waals surface area contributed by atoms with Gasteiger partial charge in [-0.25, -0.2) is 8.42 Å². The molecule has 11 heteroatoms. The Balaban J connectivity index is 1.87. The van der Waals surface area contributed by atoms with Crippen LogP contribution in [0, 0.1) is 0 Å². The Kier molecular flexibility index (Phi) is 6.47. The van der Waals surface area contributed by atoms with Crippen LogP contribution in [0.25, 0.3) is 10.2 Å². The monoisotopic (exact) mass is 487 g/mol. The highest BCUT2D eigenvalue weighted by Crippen LogP contribution is 2.31. The average molecular weight is 488 g/mol. The molecule has 0 radical (unpaired) electrons. The van der Waals surface area contributed by atoms with E-state index in [1.54, 1.807) is 22.8 Å². The number of amides is 1. The van der Waals surface area contributed by atoms with Gasteiger partial charge >= 0.3 is 4.87 Å². The van der Waals surface area contributed by atoms with Crippen molar-refractivity contribution in [1.82, 2.24) is 4.57 Å². The molecule has 0 bridgehead atoms. The van der Waals surface area contributed by atoms with Crippen molar-refractivity contribution in [2.24, 2.45) is 0 Å². The number of carbonyl (C=O) groups is 1. The van der Waals surface area contributed by atoms with Gasteiger partial charge in [0, 0.05) is 16.8 Å². The van der Waals surface area contributed by atoms with Crippen molar-refractivity contribution < 1.29 is 13.2 Å². The van der Waals surface area contributed by atoms with Crippen molar-refractivity contribution in [1.29, 1.82) is 0 Å². The molecular weight excluding hydrogens is 469 g/mol. The number of rotatable bonds is 6. The minimum atomic E-state index is -3.80. The number of hydrogen-bond donors (Lipinski definition) is 1. The van der Waals surface area contributed by atoms with E-state index in [2.05, 4.69) is 5.32 Å². The summed E-state index contributed by atoms with van der Waals surface area (Å²) < 4.78 is 27.8. The van der Waals surface area contributed by atoms with E-state index in [-0.39, 0.29) is 21.6 Å². The van der Waals surface area contributed by atoms with Gasteiger partial charge in [0.25, 0.3) is 0 Å². The summed E-state index contributed by atoms with van der Waals surface area (Å²) in [6.45, 7) is 3.36. The number of nitrogens with one attached hydrogen (secondary N) is 1. The minimum absolute atomic E-state index is 0.0115. The molecule has 7 nitrogen and oxygen atoms in total. The van der Waals surface area contributed by atoms with Crippen LogP contribution >= 0.6 is 34.5 Å². The van der Waals surface area contributed by atoms with E-state index < -0.39 is 22.5 Å². The van der Waals surface area contributed by atoms with Crippen LogP contribution in [0.5, 0.6) is 0 Å². The van der Waals surface area contributed by atoms with Gasteiger partial charge in [0.1, 0.15) is 6.54 Å². The van der Waals surface area contributed by atoms with E-state index in [9.17, 15) is 18.0 Å². The Labute approximate surface area is 187 Å². The van der Waals surface area contributed by atoms with Gasteiger partial charge in [0.15, 0.2) is 0 Å². The number of anilines is 2. The van der Waals surface area contributed by atoms with Gasteiger partial charge in [0.2, 0.25) is 15.9 Å². The Bertz CT molecular complexity index is 1280. The second-order valence-electron chi connectivity index (χ2n) is 6.93. The number of thiazole rings is 1. The van der Waals surface area contributed by atoms with E-state index in [0.29, 0.717) is 10.7 Å². The fourth-order valence-corrected chi connectivity index (χ4v) is 5.34. The summed E-state index contributed by atoms with van der Waals surface area (Å²) in [5.41, 5.74) is 1.35. The molecule has 0 aliphatic heterocycles. The van der Waals surface area contributed by atoms with Gasteiger partial charge in [-0.3, -0.25) is 18.5 Å². The first-order valence-electron chi connectivity index (χ1n) is 8.85. The third kappa shape index (κ3) is 4.80. The highest BCUT2D eigenvalue weighted by atomic mass is 35.5. The number of carbonyl (C=O) groups excluding carboxylic acids is 1. The minimum Gasteiger partial charge on any atom is -0.324 e. The van der Waals surface area contributed by atoms with Gasteiger partial charge in [-0.05, 0) is 50.2 Å². The van der Waals surface area contributed by atoms with Crippen LogP contribution in [0.1, 0.15) is 19.9 Å². The summed E-state index contributed by atoms with van der Waals surface area (Å²) in [6, 6.07) is 9.50. The summed E-state index contributed by atoms with van der Waals surface area (Å²) in [4.78, 5) is 24.7. The van der Waals surface area contributed by atoms with E-state index >= 15 is 0 Å². The number of hydrogen-bond acceptors (Lipinski definition) is 5. The molecule has 0 saturated carbocycles. The van der Waals surface area contributed by atoms with E-state index in [0.717, 1.165) is 32.1 Å². The topological polar surface area (TPSA) is 88.5 Å². The zero-order valence-electron chi connectivity index (χ0n) is 16.3. The predicted octanol–water partition coefficient (Wildman–Crippen LogP) is 4.36. The molecule has 1 N–H and O–H groups in total. The molecule has 0 unspecified atom stereocenters. The molecule has 3 rings (SSSR count). The molecule has 0 atom stereocenters. The van der Waals surface area contributed by atoms with E-state index in [4.69, 9.17) is 23.2 Å². The van der Waals surface area contributed by atoms with Gasteiger partial charge in [0.05, 0.1) is 27.2 Å². The van der Waals surface area contributed by atoms with Gasteiger partial charge in [-0.15, -0.1) is 0 Å². The smallest absolute Gasteiger partial charge is 0.308 e. The Morgan fingerprint density at radius 1 is 1.20 bits per heavy atom. The predicted molar refractivity (Wildman–Crippen MR) is 124 cm³/mol. The number of fused-ring (bicyclic) bond motifs is 1. The highest BCUT2D eigenvalue weighted by Gasteiger charge is 2.23. The fraction of sp³-hybridized carbons (Fsp3) is 0.263. The van der Waals surface area contributed by atoms with Crippen LogP contribution in [-0.2, 0) is 14.8 Å². The maximum absolute atomic E-state index is 12.6. The SMILES string of the molecule is CC(C)n1c(=O)sc2cc(NC(=O)CN(c3cc(Cl)ccc3Cl)S(C)(=O)=O)ccc21. The van der Waals surface area contributed by atoms with Crippen LogP contribution in [0.3, 0.4) is 0 Å². The summed E-state index contributed by atoms with van der Waals surface area (Å²) in [6.07, 6.45) is 0.982. The third-order valence-electron chi connectivity index (χ3n) is 4.28. The lowest BCUT2D eigenvalue weighted by Crippen LogP contribution is -2.37. The maximum Gasteiger partial charge on any atom is 0.308 e. The standard InChI is InChI=1S/C19H19Cl2N3O4S2/c1-11(2)24-15-7-5-13(9-17(15)29-19(24)26)22-18(25)10-23(30(3,27)28)16-8-12(20)4-6-14(16)21/h4-9,11H,10H2,1-3H3,(H,22,25). The van der Waals surface area contributed by atoms with Crippen LogP contribution in [0.15, 0.2) is 41.2 Å². The first-order valence-corrected chi connectivity index (χ1v) is 12.3. The normalized spacial score (nSPS) is 11.8. The zero-order valence-corrected chi connectivity index (χ0v) is 19.5. The number of halogens is 2. The van der Waals surface area contributed by atoms with E-state index in [1.165, 1.54) is 18.2 Å². The molecule has 3 aromatic rings. The number of nitrogens with zero attached hydrogens (tertiary/aromatic N) is 2. The molecule has 2 aromatic carbocycles. The van der Waals surface area contributed by atoms with Crippen LogP contribution in [0.4, 0.5) is 11.4 Å². The first-order chi connectivity index (χ1) is 14.0. The lowest BCUT2D eigenvalue weighted by Gasteiger charge is -2.23. The van der Waals surface area contributed by atoms with Crippen molar-refractivity contribution in [3.8, 4) is 0 Å². The molecule has 1 heterocycles. The van der Waals surface area contributed by atoms with Crippen LogP contribution in [0.2, 0.25) is 10.0 Å². The molecule has 0 aliphatic rings. The molecule has 0 spiro atoms. The zero-order chi connectivity index (χ0) is 22.2. The highest BCUT2D eigenvalue weighted by molar-refractivity contribution is 7.92. The molecule has 160 valence electrons. The molecule has 1 amide bonds. The van der Waals surface area contributed by atoms with Gasteiger partial charge in [-0.2, -0.15) is 0 Å². The van der Waals surface area contributed by atoms with Gasteiger partial charge in [-0.1, -0.05) is 34.5 Å². The molecule has 0 saturated heterocycles. The Hall–Kier alpha value is -2.07. The van der Waals surface area contributed by atoms with Crippen LogP contribution < -0.4 is 14.5 Å². The Morgan fingerprint density at radius 2 is 1.90 bits per heavy atom. The summed E-state index contributed by atoms with van der Waals surface area (Å²) in [5.74, 6) is -0.563. The lowest BCUT2D eigenvalue weighted by molar-refractivity contribution is -0.114. The van der Waals surface area contributed by atoms with Crippen molar-refractivity contribution in [3.63, 3.8) is 0 Å². The summed E-state index contributed by atoms with van der Waals surface area (Å²) >= 11 is 13.2. The first kappa shape index (κ1) is 22.6. The summed E-state index contributed by atoms with van der Waals surface area (Å²) in [5, 5.41) is 3.11. The van der Waals surface area contributed by atoms with Crippen molar-refractivity contribution in [2.45, 2.75) is 19.9 Å². The quantitative estimate of drug-likeness (QED) is 0.559. The third-order valence-corrected chi connectivity index (χ3v) is 6.88. The van der Waals surface area contributed by atoms with Crippen molar-refractivity contribution >= 4 is 72.1 Å². The Morgan fingerprint density at radius 3 is 2.53 bits per heavy atom. The molecular formula is C19H19Cl2N3O4S2. The van der Waals surface area contributed by atoms with Crippen LogP contribution in [-0.4, -0.2) is 31.7 Å². The van der Waals surface area contributed by atoms with Gasteiger partial charge < -0.3 is 5.32 Å². The number of benzene rings is 2. The lowest BCUT2D eigenvalue weighted by atomic mass is 10.2. The fourth-order valence-electron chi connectivity index (χ4n) is 2.99. The van der Waals surface area contributed by atoms with Crippen molar-refractivity contribution in [2.75, 3.05) is 22.4 Å². The second kappa shape index (κ2) is 8.58. The molecule has 0 aliphatic carbocycles. The average Bonchev–Trinajstić information content (AvgIpc) is 2.96. The largest absolute Gasteiger partial charge is 0.324 e. The molecule has 30 heavy (non-hydrogen) atoms. The number of aromatic nitrogens is 1. The number of sulfonamides is 1. The van der Waals surface area contributed by atoms with E-state index in [1.807, 2.05) is 13.8 Å². The molecule has 1 aromatic heterocycles. The molecule has 0 fully saturated rings.